The summed E-state index contributed by atoms with van der Waals surface area (Å²) in [4.78, 5) is 23.8. The molecule has 1 aromatic heterocycles. The summed E-state index contributed by atoms with van der Waals surface area (Å²) < 4.78 is 11.8. The largest absolute Gasteiger partial charge is 0.493 e. The van der Waals surface area contributed by atoms with E-state index in [0.29, 0.717) is 22.7 Å². The summed E-state index contributed by atoms with van der Waals surface area (Å²) in [5.74, 6) is 0.756. The third-order valence-corrected chi connectivity index (χ3v) is 3.35. The number of carbonyl (C=O) groups excluding carboxylic acids is 1. The summed E-state index contributed by atoms with van der Waals surface area (Å²) in [6.45, 7) is 1.85. The zero-order valence-corrected chi connectivity index (χ0v) is 13.0. The smallest absolute Gasteiger partial charge is 0.255 e. The number of ether oxygens (including phenoxy) is 2. The molecule has 0 spiro atoms. The standard InChI is InChI=1S/C16H18N2O4/c1-10-7-13(21-3)14(22-4)9-12(10)17-16(20)11-5-6-18(2)15(19)8-11/h5-9H,1-4H3,(H,17,20). The highest BCUT2D eigenvalue weighted by atomic mass is 16.5. The normalized spacial score (nSPS) is 10.2. The van der Waals surface area contributed by atoms with E-state index in [9.17, 15) is 9.59 Å². The quantitative estimate of drug-likeness (QED) is 0.937. The van der Waals surface area contributed by atoms with Crippen LogP contribution in [0.5, 0.6) is 11.5 Å². The van der Waals surface area contributed by atoms with E-state index in [4.69, 9.17) is 9.47 Å². The minimum Gasteiger partial charge on any atom is -0.493 e. The van der Waals surface area contributed by atoms with Crippen molar-refractivity contribution in [3.63, 3.8) is 0 Å². The van der Waals surface area contributed by atoms with Crippen LogP contribution in [0.2, 0.25) is 0 Å². The fraction of sp³-hybridized carbons (Fsp3) is 0.250. The van der Waals surface area contributed by atoms with Crippen molar-refractivity contribution in [1.82, 2.24) is 4.57 Å². The van der Waals surface area contributed by atoms with Crippen LogP contribution in [0.15, 0.2) is 35.3 Å². The molecule has 2 rings (SSSR count). The molecular formula is C16H18N2O4. The van der Waals surface area contributed by atoms with Crippen LogP contribution < -0.4 is 20.3 Å². The Morgan fingerprint density at radius 1 is 1.14 bits per heavy atom. The molecule has 22 heavy (non-hydrogen) atoms. The SMILES string of the molecule is COc1cc(C)c(NC(=O)c2ccn(C)c(=O)c2)cc1OC. The zero-order chi connectivity index (χ0) is 16.3. The molecular weight excluding hydrogens is 284 g/mol. The average molecular weight is 302 g/mol. The number of nitrogens with one attached hydrogen (secondary N) is 1. The van der Waals surface area contributed by atoms with Crippen molar-refractivity contribution in [1.29, 1.82) is 0 Å². The molecule has 0 atom stereocenters. The van der Waals surface area contributed by atoms with Crippen LogP contribution in [0.4, 0.5) is 5.69 Å². The predicted molar refractivity (Wildman–Crippen MR) is 83.9 cm³/mol. The zero-order valence-electron chi connectivity index (χ0n) is 13.0. The first-order chi connectivity index (χ1) is 10.5. The molecule has 0 radical (unpaired) electrons. The average Bonchev–Trinajstić information content (AvgIpc) is 2.51. The molecule has 0 bridgehead atoms. The van der Waals surface area contributed by atoms with E-state index < -0.39 is 0 Å². The molecule has 1 aromatic carbocycles. The molecule has 0 fully saturated rings. The Bertz CT molecular complexity index is 765. The van der Waals surface area contributed by atoms with E-state index in [-0.39, 0.29) is 11.5 Å². The summed E-state index contributed by atoms with van der Waals surface area (Å²) in [5, 5.41) is 2.78. The Labute approximate surface area is 128 Å². The molecule has 0 saturated carbocycles. The molecule has 0 aliphatic carbocycles. The lowest BCUT2D eigenvalue weighted by molar-refractivity contribution is 0.102. The second kappa shape index (κ2) is 6.34. The number of aromatic nitrogens is 1. The summed E-state index contributed by atoms with van der Waals surface area (Å²) in [5.41, 5.74) is 1.49. The maximum atomic E-state index is 12.3. The van der Waals surface area contributed by atoms with Gasteiger partial charge >= 0.3 is 0 Å². The highest BCUT2D eigenvalue weighted by molar-refractivity contribution is 6.04. The van der Waals surface area contributed by atoms with E-state index in [0.717, 1.165) is 5.56 Å². The van der Waals surface area contributed by atoms with Gasteiger partial charge in [-0.15, -0.1) is 0 Å². The number of carbonyl (C=O) groups is 1. The van der Waals surface area contributed by atoms with Gasteiger partial charge in [-0.2, -0.15) is 0 Å². The Morgan fingerprint density at radius 3 is 2.36 bits per heavy atom. The van der Waals surface area contributed by atoms with Crippen molar-refractivity contribution in [3.8, 4) is 11.5 Å². The van der Waals surface area contributed by atoms with Gasteiger partial charge in [0.1, 0.15) is 0 Å². The number of rotatable bonds is 4. The number of pyridine rings is 1. The first kappa shape index (κ1) is 15.6. The first-order valence-corrected chi connectivity index (χ1v) is 6.67. The number of hydrogen-bond acceptors (Lipinski definition) is 4. The van der Waals surface area contributed by atoms with E-state index in [2.05, 4.69) is 5.32 Å². The van der Waals surface area contributed by atoms with E-state index in [1.165, 1.54) is 17.7 Å². The summed E-state index contributed by atoms with van der Waals surface area (Å²) in [7, 11) is 4.71. The van der Waals surface area contributed by atoms with Crippen molar-refractivity contribution in [2.75, 3.05) is 19.5 Å². The third-order valence-electron chi connectivity index (χ3n) is 3.35. The van der Waals surface area contributed by atoms with Crippen LogP contribution in [0.25, 0.3) is 0 Å². The minimum absolute atomic E-state index is 0.239. The van der Waals surface area contributed by atoms with Gasteiger partial charge in [-0.05, 0) is 24.6 Å². The van der Waals surface area contributed by atoms with Gasteiger partial charge in [0.15, 0.2) is 11.5 Å². The van der Waals surface area contributed by atoms with Crippen molar-refractivity contribution in [2.45, 2.75) is 6.92 Å². The lowest BCUT2D eigenvalue weighted by atomic mass is 10.1. The predicted octanol–water partition coefficient (Wildman–Crippen LogP) is 1.96. The van der Waals surface area contributed by atoms with Crippen LogP contribution >= 0.6 is 0 Å². The van der Waals surface area contributed by atoms with Crippen LogP contribution in [-0.4, -0.2) is 24.7 Å². The van der Waals surface area contributed by atoms with Crippen molar-refractivity contribution < 1.29 is 14.3 Å². The second-order valence-electron chi connectivity index (χ2n) is 4.84. The first-order valence-electron chi connectivity index (χ1n) is 6.67. The van der Waals surface area contributed by atoms with Crippen LogP contribution in [-0.2, 0) is 7.05 Å². The fourth-order valence-corrected chi connectivity index (χ4v) is 2.00. The highest BCUT2D eigenvalue weighted by Gasteiger charge is 2.12. The Hall–Kier alpha value is -2.76. The van der Waals surface area contributed by atoms with Crippen molar-refractivity contribution in [2.24, 2.45) is 7.05 Å². The van der Waals surface area contributed by atoms with Gasteiger partial charge in [-0.25, -0.2) is 0 Å². The Morgan fingerprint density at radius 2 is 1.77 bits per heavy atom. The molecule has 0 aliphatic heterocycles. The number of methoxy groups -OCH3 is 2. The van der Waals surface area contributed by atoms with Gasteiger partial charge in [0.05, 0.1) is 14.2 Å². The molecule has 6 nitrogen and oxygen atoms in total. The van der Waals surface area contributed by atoms with E-state index in [1.807, 2.05) is 6.92 Å². The number of nitrogens with zero attached hydrogens (tertiary/aromatic N) is 1. The molecule has 0 aliphatic rings. The number of anilines is 1. The number of aryl methyl sites for hydroxylation is 2. The molecule has 0 saturated heterocycles. The van der Waals surface area contributed by atoms with E-state index in [1.54, 1.807) is 38.6 Å². The minimum atomic E-state index is -0.354. The molecule has 6 heteroatoms. The van der Waals surface area contributed by atoms with Crippen LogP contribution in [0.1, 0.15) is 15.9 Å². The van der Waals surface area contributed by atoms with Gasteiger partial charge in [0.2, 0.25) is 0 Å². The maximum absolute atomic E-state index is 12.3. The van der Waals surface area contributed by atoms with Gasteiger partial charge in [0.25, 0.3) is 11.5 Å². The fourth-order valence-electron chi connectivity index (χ4n) is 2.00. The lowest BCUT2D eigenvalue weighted by Crippen LogP contribution is -2.20. The summed E-state index contributed by atoms with van der Waals surface area (Å²) in [6, 6.07) is 6.35. The topological polar surface area (TPSA) is 69.6 Å². The second-order valence-corrected chi connectivity index (χ2v) is 4.84. The maximum Gasteiger partial charge on any atom is 0.255 e. The van der Waals surface area contributed by atoms with Crippen molar-refractivity contribution in [3.05, 3.63) is 51.9 Å². The third kappa shape index (κ3) is 3.11. The molecule has 116 valence electrons. The number of hydrogen-bond donors (Lipinski definition) is 1. The summed E-state index contributed by atoms with van der Waals surface area (Å²) in [6.07, 6.45) is 1.55. The number of benzene rings is 1. The Balaban J connectivity index is 2.31. The molecule has 1 heterocycles. The van der Waals surface area contributed by atoms with Crippen LogP contribution in [0.3, 0.4) is 0 Å². The van der Waals surface area contributed by atoms with Crippen LogP contribution in [0, 0.1) is 6.92 Å². The van der Waals surface area contributed by atoms with Gasteiger partial charge < -0.3 is 19.4 Å². The van der Waals surface area contributed by atoms with Gasteiger partial charge in [-0.3, -0.25) is 9.59 Å². The molecule has 0 unspecified atom stereocenters. The molecule has 2 aromatic rings. The van der Waals surface area contributed by atoms with Crippen molar-refractivity contribution >= 4 is 11.6 Å². The van der Waals surface area contributed by atoms with Gasteiger partial charge in [-0.1, -0.05) is 0 Å². The van der Waals surface area contributed by atoms with Gasteiger partial charge in [0, 0.05) is 36.6 Å². The number of amides is 1. The lowest BCUT2D eigenvalue weighted by Gasteiger charge is -2.13. The van der Waals surface area contributed by atoms with E-state index >= 15 is 0 Å². The monoisotopic (exact) mass is 302 g/mol. The highest BCUT2D eigenvalue weighted by Crippen LogP contribution is 2.33. The molecule has 1 N–H and O–H groups in total. The summed E-state index contributed by atoms with van der Waals surface area (Å²) >= 11 is 0. The Kier molecular flexibility index (Phi) is 4.50. The molecule has 1 amide bonds.